The molecule has 0 bridgehead atoms. The molecule has 1 spiro atoms. The third kappa shape index (κ3) is 3.49. The number of nitrogens with zero attached hydrogens (tertiary/aromatic N) is 3. The predicted molar refractivity (Wildman–Crippen MR) is 103 cm³/mol. The largest absolute Gasteiger partial charge is 0.393 e. The Kier molecular flexibility index (Phi) is 5.21. The van der Waals surface area contributed by atoms with Crippen molar-refractivity contribution < 1.29 is 9.90 Å². The van der Waals surface area contributed by atoms with Crippen LogP contribution in [-0.4, -0.2) is 51.6 Å². The molecule has 5 nitrogen and oxygen atoms in total. The molecule has 1 saturated carbocycles. The molecule has 0 aromatic heterocycles. The first-order chi connectivity index (χ1) is 13.1. The highest BCUT2D eigenvalue weighted by Crippen LogP contribution is 2.41. The van der Waals surface area contributed by atoms with Gasteiger partial charge < -0.3 is 10.0 Å². The van der Waals surface area contributed by atoms with E-state index in [1.165, 1.54) is 5.56 Å². The molecule has 2 heterocycles. The van der Waals surface area contributed by atoms with Crippen molar-refractivity contribution in [2.75, 3.05) is 13.1 Å². The van der Waals surface area contributed by atoms with Gasteiger partial charge in [0.2, 0.25) is 5.91 Å². The van der Waals surface area contributed by atoms with E-state index in [-0.39, 0.29) is 11.6 Å². The lowest BCUT2D eigenvalue weighted by molar-refractivity contribution is -0.152. The monoisotopic (exact) mass is 367 g/mol. The number of rotatable bonds is 3. The molecule has 4 rings (SSSR count). The Morgan fingerprint density at radius 3 is 2.41 bits per heavy atom. The van der Waals surface area contributed by atoms with Gasteiger partial charge in [-0.05, 0) is 75.6 Å². The van der Waals surface area contributed by atoms with Crippen molar-refractivity contribution in [1.82, 2.24) is 9.80 Å². The topological polar surface area (TPSA) is 67.6 Å². The minimum absolute atomic E-state index is 0.186. The molecular formula is C22H29N3O2. The Hall–Kier alpha value is -1.90. The molecule has 3 fully saturated rings. The van der Waals surface area contributed by atoms with Crippen molar-refractivity contribution in [3.05, 3.63) is 35.4 Å². The second-order valence-electron chi connectivity index (χ2n) is 8.43. The van der Waals surface area contributed by atoms with E-state index in [9.17, 15) is 9.90 Å². The maximum absolute atomic E-state index is 13.6. The minimum atomic E-state index is -0.345. The van der Waals surface area contributed by atoms with E-state index in [4.69, 9.17) is 5.26 Å². The normalized spacial score (nSPS) is 32.0. The van der Waals surface area contributed by atoms with Gasteiger partial charge >= 0.3 is 0 Å². The standard InChI is InChI=1S/C22H29N3O2/c23-15-17-3-5-18(6-4-17)16-24-13-1-11-22(24)12-2-14-25(21(22)27)19-7-9-20(26)10-8-19/h3-6,19-20,26H,1-2,7-14,16H2. The zero-order valence-corrected chi connectivity index (χ0v) is 15.9. The molecule has 5 heteroatoms. The van der Waals surface area contributed by atoms with Gasteiger partial charge in [-0.15, -0.1) is 0 Å². The van der Waals surface area contributed by atoms with Crippen LogP contribution in [-0.2, 0) is 11.3 Å². The second kappa shape index (κ2) is 7.61. The Morgan fingerprint density at radius 1 is 1.07 bits per heavy atom. The van der Waals surface area contributed by atoms with Crippen LogP contribution in [0.5, 0.6) is 0 Å². The third-order valence-corrected chi connectivity index (χ3v) is 6.84. The molecule has 1 atom stereocenters. The predicted octanol–water partition coefficient (Wildman–Crippen LogP) is 2.82. The van der Waals surface area contributed by atoms with Gasteiger partial charge in [0.15, 0.2) is 0 Å². The summed E-state index contributed by atoms with van der Waals surface area (Å²) in [6, 6.07) is 10.2. The first-order valence-electron chi connectivity index (χ1n) is 10.4. The van der Waals surface area contributed by atoms with Crippen LogP contribution >= 0.6 is 0 Å². The highest BCUT2D eigenvalue weighted by molar-refractivity contribution is 5.87. The van der Waals surface area contributed by atoms with Crippen LogP contribution in [0.4, 0.5) is 0 Å². The third-order valence-electron chi connectivity index (χ3n) is 6.84. The van der Waals surface area contributed by atoms with Crippen LogP contribution in [0.3, 0.4) is 0 Å². The first-order valence-corrected chi connectivity index (χ1v) is 10.4. The smallest absolute Gasteiger partial charge is 0.243 e. The van der Waals surface area contributed by atoms with E-state index in [2.05, 4.69) is 15.9 Å². The quantitative estimate of drug-likeness (QED) is 0.892. The lowest BCUT2D eigenvalue weighted by atomic mass is 9.82. The van der Waals surface area contributed by atoms with Crippen molar-refractivity contribution in [1.29, 1.82) is 5.26 Å². The number of carbonyl (C=O) groups is 1. The molecular weight excluding hydrogens is 338 g/mol. The maximum atomic E-state index is 13.6. The van der Waals surface area contributed by atoms with E-state index in [0.717, 1.165) is 71.0 Å². The maximum Gasteiger partial charge on any atom is 0.243 e. The molecule has 144 valence electrons. The second-order valence-corrected chi connectivity index (χ2v) is 8.43. The van der Waals surface area contributed by atoms with Crippen molar-refractivity contribution in [2.24, 2.45) is 0 Å². The SMILES string of the molecule is N#Cc1ccc(CN2CCCC23CCCN(C2CCC(O)CC2)C3=O)cc1. The number of aliphatic hydroxyl groups excluding tert-OH is 1. The van der Waals surface area contributed by atoms with Gasteiger partial charge in [0.05, 0.1) is 17.7 Å². The van der Waals surface area contributed by atoms with Crippen molar-refractivity contribution >= 4 is 5.91 Å². The Balaban J connectivity index is 1.51. The van der Waals surface area contributed by atoms with Crippen LogP contribution in [0, 0.1) is 11.3 Å². The van der Waals surface area contributed by atoms with Crippen LogP contribution < -0.4 is 0 Å². The van der Waals surface area contributed by atoms with Crippen molar-refractivity contribution in [3.63, 3.8) is 0 Å². The summed E-state index contributed by atoms with van der Waals surface area (Å²) < 4.78 is 0. The summed E-state index contributed by atoms with van der Waals surface area (Å²) in [5, 5.41) is 18.8. The molecule has 2 saturated heterocycles. The zero-order valence-electron chi connectivity index (χ0n) is 15.9. The summed E-state index contributed by atoms with van der Waals surface area (Å²) >= 11 is 0. The van der Waals surface area contributed by atoms with Gasteiger partial charge in [-0.25, -0.2) is 0 Å². The highest BCUT2D eigenvalue weighted by atomic mass is 16.3. The molecule has 1 unspecified atom stereocenters. The molecule has 0 radical (unpaired) electrons. The molecule has 3 aliphatic rings. The summed E-state index contributed by atoms with van der Waals surface area (Å²) in [5.74, 6) is 0.321. The molecule has 1 amide bonds. The number of piperidine rings is 1. The van der Waals surface area contributed by atoms with Crippen molar-refractivity contribution in [2.45, 2.75) is 75.6 Å². The fourth-order valence-corrected chi connectivity index (χ4v) is 5.33. The molecule has 27 heavy (non-hydrogen) atoms. The summed E-state index contributed by atoms with van der Waals surface area (Å²) in [7, 11) is 0. The number of carbonyl (C=O) groups excluding carboxylic acids is 1. The van der Waals surface area contributed by atoms with Gasteiger partial charge in [0.25, 0.3) is 0 Å². The fraction of sp³-hybridized carbons (Fsp3) is 0.636. The first kappa shape index (κ1) is 18.5. The Morgan fingerprint density at radius 2 is 1.74 bits per heavy atom. The number of benzene rings is 1. The van der Waals surface area contributed by atoms with Gasteiger partial charge in [-0.2, -0.15) is 5.26 Å². The van der Waals surface area contributed by atoms with Crippen LogP contribution in [0.2, 0.25) is 0 Å². The van der Waals surface area contributed by atoms with Gasteiger partial charge in [0, 0.05) is 19.1 Å². The summed E-state index contributed by atoms with van der Waals surface area (Å²) in [4.78, 5) is 18.1. The van der Waals surface area contributed by atoms with Crippen LogP contribution in [0.1, 0.15) is 62.5 Å². The van der Waals surface area contributed by atoms with Gasteiger partial charge in [-0.3, -0.25) is 9.69 Å². The average molecular weight is 367 g/mol. The Labute approximate surface area is 161 Å². The molecule has 1 aromatic rings. The lowest BCUT2D eigenvalue weighted by Gasteiger charge is -2.48. The highest BCUT2D eigenvalue weighted by Gasteiger charge is 2.51. The number of nitriles is 1. The van der Waals surface area contributed by atoms with Gasteiger partial charge in [0.1, 0.15) is 5.54 Å². The number of likely N-dealkylation sites (tertiary alicyclic amines) is 2. The van der Waals surface area contributed by atoms with Crippen LogP contribution in [0.25, 0.3) is 0 Å². The lowest BCUT2D eigenvalue weighted by Crippen LogP contribution is -2.62. The molecule has 2 aliphatic heterocycles. The van der Waals surface area contributed by atoms with E-state index < -0.39 is 0 Å². The molecule has 1 aliphatic carbocycles. The molecule has 1 N–H and O–H groups in total. The van der Waals surface area contributed by atoms with E-state index in [0.29, 0.717) is 17.5 Å². The number of amides is 1. The van der Waals surface area contributed by atoms with E-state index in [1.54, 1.807) is 0 Å². The van der Waals surface area contributed by atoms with E-state index in [1.807, 2.05) is 24.3 Å². The van der Waals surface area contributed by atoms with Gasteiger partial charge in [-0.1, -0.05) is 12.1 Å². The molecule has 1 aromatic carbocycles. The number of hydrogen-bond donors (Lipinski definition) is 1. The number of aliphatic hydroxyl groups is 1. The zero-order chi connectivity index (χ0) is 18.9. The van der Waals surface area contributed by atoms with Crippen molar-refractivity contribution in [3.8, 4) is 6.07 Å². The minimum Gasteiger partial charge on any atom is -0.393 e. The fourth-order valence-electron chi connectivity index (χ4n) is 5.33. The van der Waals surface area contributed by atoms with Crippen LogP contribution in [0.15, 0.2) is 24.3 Å². The summed E-state index contributed by atoms with van der Waals surface area (Å²) in [6.07, 6.45) is 7.34. The summed E-state index contributed by atoms with van der Waals surface area (Å²) in [5.41, 5.74) is 1.50. The van der Waals surface area contributed by atoms with E-state index >= 15 is 0 Å². The Bertz CT molecular complexity index is 718. The number of hydrogen-bond acceptors (Lipinski definition) is 4. The summed E-state index contributed by atoms with van der Waals surface area (Å²) in [6.45, 7) is 2.60. The average Bonchev–Trinajstić information content (AvgIpc) is 3.08.